The number of rotatable bonds is 7. The van der Waals surface area contributed by atoms with Crippen molar-refractivity contribution in [1.29, 1.82) is 0 Å². The summed E-state index contributed by atoms with van der Waals surface area (Å²) in [4.78, 5) is 30.1. The number of esters is 1. The average molecular weight is 557 g/mol. The van der Waals surface area contributed by atoms with Crippen molar-refractivity contribution in [3.8, 4) is 0 Å². The average Bonchev–Trinajstić information content (AvgIpc) is 2.87. The predicted octanol–water partition coefficient (Wildman–Crippen LogP) is 5.85. The van der Waals surface area contributed by atoms with Crippen molar-refractivity contribution in [2.75, 3.05) is 43.0 Å². The maximum absolute atomic E-state index is 13.1. The van der Waals surface area contributed by atoms with Crippen molar-refractivity contribution in [1.82, 2.24) is 4.90 Å². The molecule has 4 rings (SSSR count). The van der Waals surface area contributed by atoms with Crippen LogP contribution in [0.1, 0.15) is 33.2 Å². The molecule has 3 aromatic carbocycles. The molecule has 182 valence electrons. The van der Waals surface area contributed by atoms with Gasteiger partial charge in [0.1, 0.15) is 0 Å². The van der Waals surface area contributed by atoms with Crippen LogP contribution in [0.5, 0.6) is 0 Å². The van der Waals surface area contributed by atoms with Crippen LogP contribution < -0.4 is 10.2 Å². The summed E-state index contributed by atoms with van der Waals surface area (Å²) in [7, 11) is 0. The standard InChI is InChI=1S/C27H27BrClN3O3/c1-2-35-27(34)20-8-11-25(24(16-20)30-26(33)22-17-21(28)9-10-23(22)29)32-14-12-31(13-15-32)18-19-6-4-3-5-7-19/h3-11,16-17H,2,12-15,18H2,1H3,(H,30,33). The molecule has 0 radical (unpaired) electrons. The fourth-order valence-corrected chi connectivity index (χ4v) is 4.67. The van der Waals surface area contributed by atoms with Crippen LogP contribution in [0.4, 0.5) is 11.4 Å². The second-order valence-electron chi connectivity index (χ2n) is 8.28. The number of carbonyl (C=O) groups is 2. The lowest BCUT2D eigenvalue weighted by molar-refractivity contribution is 0.0526. The Labute approximate surface area is 219 Å². The highest BCUT2D eigenvalue weighted by atomic mass is 79.9. The van der Waals surface area contributed by atoms with E-state index in [0.717, 1.165) is 42.9 Å². The van der Waals surface area contributed by atoms with Crippen LogP contribution in [0.25, 0.3) is 0 Å². The first-order valence-corrected chi connectivity index (χ1v) is 12.7. The number of nitrogens with zero attached hydrogens (tertiary/aromatic N) is 2. The lowest BCUT2D eigenvalue weighted by Crippen LogP contribution is -2.46. The van der Waals surface area contributed by atoms with Gasteiger partial charge in [-0.1, -0.05) is 57.9 Å². The number of halogens is 2. The molecule has 1 saturated heterocycles. The molecule has 0 atom stereocenters. The molecule has 1 aliphatic rings. The van der Waals surface area contributed by atoms with E-state index in [2.05, 4.69) is 55.3 Å². The Bertz CT molecular complexity index is 1200. The molecule has 1 aliphatic heterocycles. The van der Waals surface area contributed by atoms with E-state index in [4.69, 9.17) is 16.3 Å². The Morgan fingerprint density at radius 1 is 1.00 bits per heavy atom. The van der Waals surface area contributed by atoms with Gasteiger partial charge in [0, 0.05) is 37.2 Å². The topological polar surface area (TPSA) is 61.9 Å². The number of hydrogen-bond donors (Lipinski definition) is 1. The molecular formula is C27H27BrClN3O3. The Hall–Kier alpha value is -2.87. The van der Waals surface area contributed by atoms with E-state index in [1.165, 1.54) is 5.56 Å². The highest BCUT2D eigenvalue weighted by Gasteiger charge is 2.22. The largest absolute Gasteiger partial charge is 0.462 e. The molecule has 0 bridgehead atoms. The minimum absolute atomic E-state index is 0.277. The SMILES string of the molecule is CCOC(=O)c1ccc(N2CCN(Cc3ccccc3)CC2)c(NC(=O)c2cc(Br)ccc2Cl)c1. The summed E-state index contributed by atoms with van der Waals surface area (Å²) in [6.45, 7) is 6.32. The number of benzene rings is 3. The highest BCUT2D eigenvalue weighted by Crippen LogP contribution is 2.30. The summed E-state index contributed by atoms with van der Waals surface area (Å²) in [6, 6.07) is 20.8. The summed E-state index contributed by atoms with van der Waals surface area (Å²) in [5.41, 5.74) is 3.43. The van der Waals surface area contributed by atoms with Gasteiger partial charge in [-0.05, 0) is 48.9 Å². The van der Waals surface area contributed by atoms with Crippen molar-refractivity contribution < 1.29 is 14.3 Å². The Balaban J connectivity index is 1.55. The van der Waals surface area contributed by atoms with Crippen molar-refractivity contribution >= 4 is 50.8 Å². The monoisotopic (exact) mass is 555 g/mol. The fraction of sp³-hybridized carbons (Fsp3) is 0.259. The number of amides is 1. The van der Waals surface area contributed by atoms with Crippen LogP contribution in [0.3, 0.4) is 0 Å². The van der Waals surface area contributed by atoms with Gasteiger partial charge in [-0.3, -0.25) is 9.69 Å². The van der Waals surface area contributed by atoms with Gasteiger partial charge >= 0.3 is 5.97 Å². The molecule has 8 heteroatoms. The molecule has 1 heterocycles. The molecule has 1 fully saturated rings. The number of anilines is 2. The summed E-state index contributed by atoms with van der Waals surface area (Å²) in [6.07, 6.45) is 0. The quantitative estimate of drug-likeness (QED) is 0.370. The van der Waals surface area contributed by atoms with Gasteiger partial charge in [-0.2, -0.15) is 0 Å². The minimum Gasteiger partial charge on any atom is -0.462 e. The molecule has 1 amide bonds. The first kappa shape index (κ1) is 25.2. The van der Waals surface area contributed by atoms with E-state index in [9.17, 15) is 9.59 Å². The molecular weight excluding hydrogens is 530 g/mol. The maximum Gasteiger partial charge on any atom is 0.338 e. The van der Waals surface area contributed by atoms with Gasteiger partial charge in [0.2, 0.25) is 0 Å². The van der Waals surface area contributed by atoms with Crippen LogP contribution in [0.15, 0.2) is 71.2 Å². The van der Waals surface area contributed by atoms with Crippen molar-refractivity contribution in [3.05, 3.63) is 92.9 Å². The molecule has 1 N–H and O–H groups in total. The lowest BCUT2D eigenvalue weighted by Gasteiger charge is -2.37. The highest BCUT2D eigenvalue weighted by molar-refractivity contribution is 9.10. The Kier molecular flexibility index (Phi) is 8.44. The molecule has 0 unspecified atom stereocenters. The molecule has 6 nitrogen and oxygen atoms in total. The van der Waals surface area contributed by atoms with Crippen molar-refractivity contribution in [2.24, 2.45) is 0 Å². The number of carbonyl (C=O) groups excluding carboxylic acids is 2. The van der Waals surface area contributed by atoms with Gasteiger partial charge in [0.15, 0.2) is 0 Å². The second-order valence-corrected chi connectivity index (χ2v) is 9.60. The fourth-order valence-electron chi connectivity index (χ4n) is 4.10. The first-order chi connectivity index (χ1) is 16.9. The van der Waals surface area contributed by atoms with Gasteiger partial charge in [-0.25, -0.2) is 4.79 Å². The smallest absolute Gasteiger partial charge is 0.338 e. The predicted molar refractivity (Wildman–Crippen MR) is 143 cm³/mol. The third kappa shape index (κ3) is 6.42. The molecule has 0 saturated carbocycles. The van der Waals surface area contributed by atoms with Crippen LogP contribution >= 0.6 is 27.5 Å². The maximum atomic E-state index is 13.1. The zero-order chi connectivity index (χ0) is 24.8. The summed E-state index contributed by atoms with van der Waals surface area (Å²) in [5, 5.41) is 3.32. The lowest BCUT2D eigenvalue weighted by atomic mass is 10.1. The van der Waals surface area contributed by atoms with E-state index in [1.54, 1.807) is 37.3 Å². The van der Waals surface area contributed by atoms with Crippen LogP contribution in [0.2, 0.25) is 5.02 Å². The van der Waals surface area contributed by atoms with Crippen molar-refractivity contribution in [3.63, 3.8) is 0 Å². The van der Waals surface area contributed by atoms with Gasteiger partial charge in [-0.15, -0.1) is 0 Å². The summed E-state index contributed by atoms with van der Waals surface area (Å²) in [5.74, 6) is -0.774. The number of piperazine rings is 1. The van der Waals surface area contributed by atoms with E-state index >= 15 is 0 Å². The van der Waals surface area contributed by atoms with Crippen molar-refractivity contribution in [2.45, 2.75) is 13.5 Å². The van der Waals surface area contributed by atoms with E-state index in [0.29, 0.717) is 21.8 Å². The van der Waals surface area contributed by atoms with Gasteiger partial charge in [0.05, 0.1) is 34.1 Å². The molecule has 35 heavy (non-hydrogen) atoms. The zero-order valence-electron chi connectivity index (χ0n) is 19.5. The van der Waals surface area contributed by atoms with E-state index in [1.807, 2.05) is 12.1 Å². The number of nitrogens with one attached hydrogen (secondary N) is 1. The van der Waals surface area contributed by atoms with Crippen LogP contribution in [-0.2, 0) is 11.3 Å². The van der Waals surface area contributed by atoms with Crippen LogP contribution in [-0.4, -0.2) is 49.6 Å². The molecule has 0 aliphatic carbocycles. The van der Waals surface area contributed by atoms with E-state index < -0.39 is 5.97 Å². The summed E-state index contributed by atoms with van der Waals surface area (Å²) >= 11 is 9.67. The van der Waals surface area contributed by atoms with Crippen LogP contribution in [0, 0.1) is 0 Å². The minimum atomic E-state index is -0.428. The summed E-state index contributed by atoms with van der Waals surface area (Å²) < 4.78 is 5.92. The molecule has 0 spiro atoms. The molecule has 0 aromatic heterocycles. The van der Waals surface area contributed by atoms with Gasteiger partial charge in [0.25, 0.3) is 5.91 Å². The zero-order valence-corrected chi connectivity index (χ0v) is 21.8. The second kappa shape index (κ2) is 11.7. The Morgan fingerprint density at radius 3 is 2.46 bits per heavy atom. The molecule has 3 aromatic rings. The normalized spacial score (nSPS) is 14.0. The third-order valence-electron chi connectivity index (χ3n) is 5.89. The number of hydrogen-bond acceptors (Lipinski definition) is 5. The Morgan fingerprint density at radius 2 is 1.74 bits per heavy atom. The van der Waals surface area contributed by atoms with E-state index in [-0.39, 0.29) is 12.5 Å². The third-order valence-corrected chi connectivity index (χ3v) is 6.71. The number of ether oxygens (including phenoxy) is 1. The first-order valence-electron chi connectivity index (χ1n) is 11.5. The van der Waals surface area contributed by atoms with Gasteiger partial charge < -0.3 is 15.0 Å².